The van der Waals surface area contributed by atoms with Crippen LogP contribution in [0.4, 0.5) is 0 Å². The molecule has 1 atom stereocenters. The molecule has 23 heavy (non-hydrogen) atoms. The summed E-state index contributed by atoms with van der Waals surface area (Å²) in [4.78, 5) is 44.2. The molecule has 0 aliphatic carbocycles. The SMILES string of the molecule is CCCCCCCC(=O)OC(=O)CC(O)(CC(=O)O)C(=O)O.[NaH]. The van der Waals surface area contributed by atoms with Crippen molar-refractivity contribution in [1.29, 1.82) is 0 Å². The van der Waals surface area contributed by atoms with Gasteiger partial charge in [-0.2, -0.15) is 0 Å². The number of esters is 2. The first-order valence-electron chi connectivity index (χ1n) is 7.12. The third-order valence-corrected chi connectivity index (χ3v) is 2.99. The van der Waals surface area contributed by atoms with Crippen LogP contribution in [0.15, 0.2) is 0 Å². The Morgan fingerprint density at radius 3 is 1.96 bits per heavy atom. The van der Waals surface area contributed by atoms with Crippen LogP contribution in [0.5, 0.6) is 0 Å². The number of unbranched alkanes of at least 4 members (excludes halogenated alkanes) is 4. The fourth-order valence-corrected chi connectivity index (χ4v) is 1.79. The average Bonchev–Trinajstić information content (AvgIpc) is 2.36. The predicted octanol–water partition coefficient (Wildman–Crippen LogP) is 0.449. The van der Waals surface area contributed by atoms with E-state index in [4.69, 9.17) is 10.2 Å². The van der Waals surface area contributed by atoms with E-state index in [1.165, 1.54) is 0 Å². The van der Waals surface area contributed by atoms with Gasteiger partial charge in [-0.05, 0) is 6.42 Å². The Morgan fingerprint density at radius 1 is 0.913 bits per heavy atom. The fourth-order valence-electron chi connectivity index (χ4n) is 1.79. The van der Waals surface area contributed by atoms with Gasteiger partial charge in [-0.15, -0.1) is 0 Å². The van der Waals surface area contributed by atoms with Crippen LogP contribution in [0.2, 0.25) is 0 Å². The molecule has 0 aromatic rings. The number of carboxylic acids is 2. The molecular weight excluding hydrogens is 319 g/mol. The van der Waals surface area contributed by atoms with Crippen molar-refractivity contribution in [3.05, 3.63) is 0 Å². The molecule has 0 aliphatic rings. The van der Waals surface area contributed by atoms with Crippen molar-refractivity contribution >= 4 is 53.4 Å². The van der Waals surface area contributed by atoms with Crippen molar-refractivity contribution in [3.8, 4) is 0 Å². The molecule has 0 saturated carbocycles. The van der Waals surface area contributed by atoms with Crippen LogP contribution in [0.1, 0.15) is 58.3 Å². The van der Waals surface area contributed by atoms with Gasteiger partial charge in [0.05, 0.1) is 12.8 Å². The van der Waals surface area contributed by atoms with Crippen LogP contribution in [-0.2, 0) is 23.9 Å². The normalized spacial score (nSPS) is 12.6. The number of aliphatic carboxylic acids is 2. The second-order valence-corrected chi connectivity index (χ2v) is 5.09. The summed E-state index contributed by atoms with van der Waals surface area (Å²) in [6, 6.07) is 0. The molecule has 8 nitrogen and oxygen atoms in total. The Bertz CT molecular complexity index is 423. The molecule has 1 unspecified atom stereocenters. The van der Waals surface area contributed by atoms with Crippen LogP contribution >= 0.6 is 0 Å². The Morgan fingerprint density at radius 2 is 1.48 bits per heavy atom. The molecule has 9 heteroatoms. The van der Waals surface area contributed by atoms with Gasteiger partial charge in [0.2, 0.25) is 0 Å². The van der Waals surface area contributed by atoms with Crippen LogP contribution in [0.3, 0.4) is 0 Å². The second-order valence-electron chi connectivity index (χ2n) is 5.09. The van der Waals surface area contributed by atoms with Gasteiger partial charge in [-0.25, -0.2) is 4.79 Å². The van der Waals surface area contributed by atoms with Crippen molar-refractivity contribution in [2.24, 2.45) is 0 Å². The molecule has 0 radical (unpaired) electrons. The number of rotatable bonds is 11. The fraction of sp³-hybridized carbons (Fsp3) is 0.714. The van der Waals surface area contributed by atoms with E-state index in [0.717, 1.165) is 25.7 Å². The topological polar surface area (TPSA) is 138 Å². The van der Waals surface area contributed by atoms with Gasteiger partial charge >= 0.3 is 53.4 Å². The quantitative estimate of drug-likeness (QED) is 0.213. The second kappa shape index (κ2) is 12.5. The summed E-state index contributed by atoms with van der Waals surface area (Å²) in [5.74, 6) is -5.52. The molecule has 0 amide bonds. The van der Waals surface area contributed by atoms with Gasteiger partial charge in [0.15, 0.2) is 5.60 Å². The van der Waals surface area contributed by atoms with Crippen LogP contribution in [0, 0.1) is 0 Å². The van der Waals surface area contributed by atoms with Gasteiger partial charge in [-0.3, -0.25) is 14.4 Å². The van der Waals surface area contributed by atoms with Gasteiger partial charge in [-0.1, -0.05) is 32.6 Å². The summed E-state index contributed by atoms with van der Waals surface area (Å²) in [5, 5.41) is 26.9. The van der Waals surface area contributed by atoms with Crippen LogP contribution in [0.25, 0.3) is 0 Å². The molecule has 0 spiro atoms. The van der Waals surface area contributed by atoms with E-state index in [1.807, 2.05) is 6.92 Å². The van der Waals surface area contributed by atoms with E-state index in [1.54, 1.807) is 0 Å². The number of hydrogen-bond donors (Lipinski definition) is 3. The van der Waals surface area contributed by atoms with Gasteiger partial charge in [0, 0.05) is 6.42 Å². The molecule has 0 saturated heterocycles. The maximum atomic E-state index is 11.4. The Kier molecular flexibility index (Phi) is 13.2. The molecule has 128 valence electrons. The van der Waals surface area contributed by atoms with Gasteiger partial charge < -0.3 is 20.1 Å². The van der Waals surface area contributed by atoms with Crippen molar-refractivity contribution in [3.63, 3.8) is 0 Å². The number of ether oxygens (including phenoxy) is 1. The van der Waals surface area contributed by atoms with Crippen molar-refractivity contribution < 1.29 is 39.2 Å². The number of carboxylic acid groups (broad SMARTS) is 2. The minimum atomic E-state index is -2.79. The molecule has 0 heterocycles. The standard InChI is InChI=1S/C14H22O8.Na.H/c1-2-3-4-5-6-7-11(17)22-12(18)9-14(21,13(19)20)8-10(15)16;;/h21H,2-9H2,1H3,(H,15,16)(H,19,20);;. The van der Waals surface area contributed by atoms with E-state index in [-0.39, 0.29) is 36.0 Å². The third kappa shape index (κ3) is 11.2. The predicted molar refractivity (Wildman–Crippen MR) is 81.1 cm³/mol. The average molecular weight is 342 g/mol. The Balaban J connectivity index is 0. The van der Waals surface area contributed by atoms with E-state index in [2.05, 4.69) is 4.74 Å². The molecule has 0 rings (SSSR count). The van der Waals surface area contributed by atoms with Gasteiger partial charge in [0.25, 0.3) is 0 Å². The Labute approximate surface area is 156 Å². The molecule has 0 aliphatic heterocycles. The number of hydrogen-bond acceptors (Lipinski definition) is 6. The zero-order valence-corrected chi connectivity index (χ0v) is 12.5. The Hall–Kier alpha value is -0.960. The first-order chi connectivity index (χ1) is 10.2. The summed E-state index contributed by atoms with van der Waals surface area (Å²) < 4.78 is 4.39. The molecule has 0 fully saturated rings. The number of aliphatic hydroxyl groups is 1. The van der Waals surface area contributed by atoms with Crippen molar-refractivity contribution in [1.82, 2.24) is 0 Å². The van der Waals surface area contributed by atoms with E-state index >= 15 is 0 Å². The zero-order chi connectivity index (χ0) is 17.2. The van der Waals surface area contributed by atoms with Gasteiger partial charge in [0.1, 0.15) is 0 Å². The van der Waals surface area contributed by atoms with Crippen LogP contribution < -0.4 is 0 Å². The molecule has 0 aromatic carbocycles. The third-order valence-electron chi connectivity index (χ3n) is 2.99. The number of carbonyl (C=O) groups is 4. The summed E-state index contributed by atoms with van der Waals surface area (Å²) in [6.07, 6.45) is 2.18. The zero-order valence-electron chi connectivity index (χ0n) is 12.5. The van der Waals surface area contributed by atoms with Crippen molar-refractivity contribution in [2.75, 3.05) is 0 Å². The summed E-state index contributed by atoms with van der Waals surface area (Å²) in [6.45, 7) is 2.05. The molecule has 0 bridgehead atoms. The van der Waals surface area contributed by atoms with E-state index < -0.39 is 42.3 Å². The minimum absolute atomic E-state index is 0. The maximum absolute atomic E-state index is 11.4. The monoisotopic (exact) mass is 342 g/mol. The molecular formula is C14H23NaO8. The van der Waals surface area contributed by atoms with E-state index in [0.29, 0.717) is 6.42 Å². The van der Waals surface area contributed by atoms with Crippen molar-refractivity contribution in [2.45, 2.75) is 63.9 Å². The molecule has 0 aromatic heterocycles. The first kappa shape index (κ1) is 24.3. The summed E-state index contributed by atoms with van der Waals surface area (Å²) in [7, 11) is 0. The molecule has 3 N–H and O–H groups in total. The summed E-state index contributed by atoms with van der Waals surface area (Å²) >= 11 is 0. The van der Waals surface area contributed by atoms with Crippen LogP contribution in [-0.4, -0.2) is 74.4 Å². The number of carbonyl (C=O) groups excluding carboxylic acids is 2. The summed E-state index contributed by atoms with van der Waals surface area (Å²) in [5.41, 5.74) is -2.79. The van der Waals surface area contributed by atoms with E-state index in [9.17, 15) is 24.3 Å². The first-order valence-corrected chi connectivity index (χ1v) is 7.12.